The first-order chi connectivity index (χ1) is 9.02. The summed E-state index contributed by atoms with van der Waals surface area (Å²) in [6, 6.07) is 6.01. The molecular formula is C14H15N3OS. The van der Waals surface area contributed by atoms with Crippen molar-refractivity contribution < 1.29 is 4.79 Å². The fraction of sp³-hybridized carbons (Fsp3) is 0.286. The molecule has 0 atom stereocenters. The van der Waals surface area contributed by atoms with Gasteiger partial charge in [-0.2, -0.15) is 0 Å². The first-order valence-corrected chi connectivity index (χ1v) is 7.00. The van der Waals surface area contributed by atoms with Crippen LogP contribution in [0.15, 0.2) is 23.6 Å². The Kier molecular flexibility index (Phi) is 2.60. The number of carbonyl (C=O) groups is 1. The topological polar surface area (TPSA) is 54.0 Å². The Morgan fingerprint density at radius 1 is 1.37 bits per heavy atom. The summed E-state index contributed by atoms with van der Waals surface area (Å²) in [4.78, 5) is 16.4. The van der Waals surface area contributed by atoms with Crippen molar-refractivity contribution in [2.24, 2.45) is 0 Å². The van der Waals surface area contributed by atoms with Crippen molar-refractivity contribution in [1.82, 2.24) is 4.98 Å². The molecule has 2 heterocycles. The normalized spacial score (nSPS) is 16.1. The molecule has 0 spiro atoms. The van der Waals surface area contributed by atoms with Crippen molar-refractivity contribution in [2.75, 3.05) is 17.7 Å². The lowest BCUT2D eigenvalue weighted by Gasteiger charge is -2.15. The lowest BCUT2D eigenvalue weighted by atomic mass is 9.85. The van der Waals surface area contributed by atoms with Gasteiger partial charge in [0, 0.05) is 23.7 Å². The third-order valence-corrected chi connectivity index (χ3v) is 4.38. The number of hydrogen-bond acceptors (Lipinski definition) is 4. The van der Waals surface area contributed by atoms with Gasteiger partial charge in [-0.1, -0.05) is 6.07 Å². The molecule has 1 amide bonds. The van der Waals surface area contributed by atoms with E-state index in [-0.39, 0.29) is 5.91 Å². The molecule has 0 unspecified atom stereocenters. The maximum absolute atomic E-state index is 11.9. The molecule has 1 aliphatic rings. The van der Waals surface area contributed by atoms with Crippen LogP contribution in [0.4, 0.5) is 10.8 Å². The van der Waals surface area contributed by atoms with Crippen LogP contribution < -0.4 is 10.6 Å². The first-order valence-electron chi connectivity index (χ1n) is 6.12. The van der Waals surface area contributed by atoms with Crippen molar-refractivity contribution in [3.63, 3.8) is 0 Å². The van der Waals surface area contributed by atoms with Gasteiger partial charge in [-0.25, -0.2) is 4.98 Å². The van der Waals surface area contributed by atoms with Crippen molar-refractivity contribution in [3.8, 4) is 11.3 Å². The minimum Gasteiger partial charge on any atom is -0.365 e. The number of amides is 1. The van der Waals surface area contributed by atoms with E-state index in [0.29, 0.717) is 0 Å². The van der Waals surface area contributed by atoms with Crippen molar-refractivity contribution in [2.45, 2.75) is 19.3 Å². The number of rotatable bonds is 2. The van der Waals surface area contributed by atoms with Crippen LogP contribution in [0.1, 0.15) is 19.4 Å². The summed E-state index contributed by atoms with van der Waals surface area (Å²) in [6.07, 6.45) is 0. The van der Waals surface area contributed by atoms with Crippen LogP contribution in [0.2, 0.25) is 0 Å². The molecule has 0 radical (unpaired) electrons. The Balaban J connectivity index is 2.07. The van der Waals surface area contributed by atoms with Gasteiger partial charge in [-0.15, -0.1) is 11.3 Å². The van der Waals surface area contributed by atoms with E-state index in [9.17, 15) is 4.79 Å². The van der Waals surface area contributed by atoms with E-state index >= 15 is 0 Å². The maximum Gasteiger partial charge on any atom is 0.234 e. The monoisotopic (exact) mass is 273 g/mol. The third kappa shape index (κ3) is 1.81. The van der Waals surface area contributed by atoms with Gasteiger partial charge in [0.05, 0.1) is 11.1 Å². The van der Waals surface area contributed by atoms with Gasteiger partial charge in [-0.3, -0.25) is 4.79 Å². The summed E-state index contributed by atoms with van der Waals surface area (Å²) in [6.45, 7) is 3.88. The van der Waals surface area contributed by atoms with E-state index in [1.807, 2.05) is 38.4 Å². The highest BCUT2D eigenvalue weighted by Gasteiger charge is 2.38. The molecule has 19 heavy (non-hydrogen) atoms. The summed E-state index contributed by atoms with van der Waals surface area (Å²) >= 11 is 1.57. The molecular weight excluding hydrogens is 258 g/mol. The number of hydrogen-bond donors (Lipinski definition) is 2. The standard InChI is InChI=1S/C14H15N3OS/c1-14(2)9-6-8(4-5-10(9)16-12(14)18)11-7-19-13(15-3)17-11/h4-7H,1-3H3,(H,15,17)(H,16,18). The Morgan fingerprint density at radius 2 is 2.16 bits per heavy atom. The number of aromatic nitrogens is 1. The number of anilines is 2. The molecule has 2 N–H and O–H groups in total. The summed E-state index contributed by atoms with van der Waals surface area (Å²) in [7, 11) is 1.86. The van der Waals surface area contributed by atoms with Crippen LogP contribution in [-0.4, -0.2) is 17.9 Å². The molecule has 5 heteroatoms. The summed E-state index contributed by atoms with van der Waals surface area (Å²) in [5.41, 5.74) is 3.44. The minimum absolute atomic E-state index is 0.0499. The number of thiazole rings is 1. The molecule has 0 saturated heterocycles. The van der Waals surface area contributed by atoms with E-state index in [2.05, 4.69) is 21.7 Å². The smallest absolute Gasteiger partial charge is 0.234 e. The fourth-order valence-electron chi connectivity index (χ4n) is 2.25. The van der Waals surface area contributed by atoms with Crippen molar-refractivity contribution in [3.05, 3.63) is 29.1 Å². The van der Waals surface area contributed by atoms with E-state index in [1.165, 1.54) is 0 Å². The molecule has 0 bridgehead atoms. The number of fused-ring (bicyclic) bond motifs is 1. The number of carbonyl (C=O) groups excluding carboxylic acids is 1. The summed E-state index contributed by atoms with van der Waals surface area (Å²) in [5, 5.41) is 8.86. The number of nitrogens with zero attached hydrogens (tertiary/aromatic N) is 1. The SMILES string of the molecule is CNc1nc(-c2ccc3c(c2)C(C)(C)C(=O)N3)cs1. The minimum atomic E-state index is -0.479. The Morgan fingerprint density at radius 3 is 2.84 bits per heavy atom. The van der Waals surface area contributed by atoms with Crippen LogP contribution in [0.25, 0.3) is 11.3 Å². The predicted octanol–water partition coefficient (Wildman–Crippen LogP) is 3.08. The molecule has 1 aliphatic heterocycles. The van der Waals surface area contributed by atoms with E-state index in [4.69, 9.17) is 0 Å². The van der Waals surface area contributed by atoms with Crippen molar-refractivity contribution >= 4 is 28.1 Å². The predicted molar refractivity (Wildman–Crippen MR) is 78.8 cm³/mol. The molecule has 0 aliphatic carbocycles. The number of nitrogens with one attached hydrogen (secondary N) is 2. The van der Waals surface area contributed by atoms with Gasteiger partial charge < -0.3 is 10.6 Å². The van der Waals surface area contributed by atoms with Gasteiger partial charge in [-0.05, 0) is 31.5 Å². The average molecular weight is 273 g/mol. The number of benzene rings is 1. The van der Waals surface area contributed by atoms with Gasteiger partial charge in [0.15, 0.2) is 5.13 Å². The lowest BCUT2D eigenvalue weighted by molar-refractivity contribution is -0.119. The Hall–Kier alpha value is -1.88. The zero-order valence-electron chi connectivity index (χ0n) is 11.1. The van der Waals surface area contributed by atoms with Crippen LogP contribution in [0, 0.1) is 0 Å². The highest BCUT2D eigenvalue weighted by atomic mass is 32.1. The van der Waals surface area contributed by atoms with Crippen LogP contribution in [0.5, 0.6) is 0 Å². The highest BCUT2D eigenvalue weighted by Crippen LogP contribution is 2.39. The largest absolute Gasteiger partial charge is 0.365 e. The second kappa shape index (κ2) is 4.06. The quantitative estimate of drug-likeness (QED) is 0.884. The zero-order valence-corrected chi connectivity index (χ0v) is 11.9. The van der Waals surface area contributed by atoms with Gasteiger partial charge in [0.25, 0.3) is 0 Å². The third-order valence-electron chi connectivity index (χ3n) is 3.52. The van der Waals surface area contributed by atoms with Crippen LogP contribution in [-0.2, 0) is 10.2 Å². The first kappa shape index (κ1) is 12.2. The highest BCUT2D eigenvalue weighted by molar-refractivity contribution is 7.14. The van der Waals surface area contributed by atoms with Gasteiger partial charge in [0.1, 0.15) is 0 Å². The van der Waals surface area contributed by atoms with E-state index in [1.54, 1.807) is 11.3 Å². The van der Waals surface area contributed by atoms with Crippen molar-refractivity contribution in [1.29, 1.82) is 0 Å². The molecule has 0 fully saturated rings. The Labute approximate surface area is 115 Å². The second-order valence-electron chi connectivity index (χ2n) is 5.13. The average Bonchev–Trinajstić information content (AvgIpc) is 2.94. The van der Waals surface area contributed by atoms with Gasteiger partial charge in [0.2, 0.25) is 5.91 Å². The molecule has 1 aromatic carbocycles. The Bertz CT molecular complexity index is 660. The summed E-state index contributed by atoms with van der Waals surface area (Å²) in [5.74, 6) is 0.0499. The fourth-order valence-corrected chi connectivity index (χ4v) is 2.93. The molecule has 0 saturated carbocycles. The van der Waals surface area contributed by atoms with Crippen LogP contribution in [0.3, 0.4) is 0 Å². The molecule has 1 aromatic heterocycles. The molecule has 4 nitrogen and oxygen atoms in total. The van der Waals surface area contributed by atoms with Crippen LogP contribution >= 0.6 is 11.3 Å². The zero-order chi connectivity index (χ0) is 13.6. The van der Waals surface area contributed by atoms with E-state index < -0.39 is 5.41 Å². The molecule has 2 aromatic rings. The van der Waals surface area contributed by atoms with E-state index in [0.717, 1.165) is 27.6 Å². The summed E-state index contributed by atoms with van der Waals surface area (Å²) < 4.78 is 0. The molecule has 3 rings (SSSR count). The second-order valence-corrected chi connectivity index (χ2v) is 5.99. The lowest BCUT2D eigenvalue weighted by Crippen LogP contribution is -2.26. The van der Waals surface area contributed by atoms with Gasteiger partial charge >= 0.3 is 0 Å². The maximum atomic E-state index is 11.9. The molecule has 98 valence electrons.